The SMILES string of the molecule is CCN1C(=O)C2CN(c3nc4ccccc4c(=O)[nH]3)CCN2C1=O. The number of para-hydroxylation sites is 1. The molecule has 0 aliphatic carbocycles. The van der Waals surface area contributed by atoms with Crippen LogP contribution < -0.4 is 10.5 Å². The molecule has 0 saturated carbocycles. The number of benzene rings is 1. The molecule has 3 amide bonds. The van der Waals surface area contributed by atoms with E-state index in [-0.39, 0.29) is 17.5 Å². The molecule has 8 heteroatoms. The number of urea groups is 1. The predicted octanol–water partition coefficient (Wildman–Crippen LogP) is 0.396. The summed E-state index contributed by atoms with van der Waals surface area (Å²) >= 11 is 0. The molecule has 0 spiro atoms. The summed E-state index contributed by atoms with van der Waals surface area (Å²) in [5, 5.41) is 0.532. The summed E-state index contributed by atoms with van der Waals surface area (Å²) < 4.78 is 0. The first-order chi connectivity index (χ1) is 11.6. The topological polar surface area (TPSA) is 89.6 Å². The van der Waals surface area contributed by atoms with Gasteiger partial charge in [0.05, 0.1) is 17.4 Å². The minimum atomic E-state index is -0.511. The Kier molecular flexibility index (Phi) is 3.26. The Balaban J connectivity index is 1.67. The molecule has 2 fully saturated rings. The van der Waals surface area contributed by atoms with Crippen molar-refractivity contribution < 1.29 is 9.59 Å². The Bertz CT molecular complexity index is 893. The van der Waals surface area contributed by atoms with Crippen LogP contribution in [0.15, 0.2) is 29.1 Å². The fourth-order valence-electron chi connectivity index (χ4n) is 3.36. The van der Waals surface area contributed by atoms with Crippen LogP contribution >= 0.6 is 0 Å². The Morgan fingerprint density at radius 1 is 1.21 bits per heavy atom. The zero-order valence-electron chi connectivity index (χ0n) is 13.2. The second-order valence-electron chi connectivity index (χ2n) is 5.93. The van der Waals surface area contributed by atoms with Crippen LogP contribution in [-0.2, 0) is 4.79 Å². The van der Waals surface area contributed by atoms with Crippen molar-refractivity contribution in [3.8, 4) is 0 Å². The van der Waals surface area contributed by atoms with Gasteiger partial charge in [-0.1, -0.05) is 12.1 Å². The third-order valence-corrected chi connectivity index (χ3v) is 4.62. The number of aromatic amines is 1. The van der Waals surface area contributed by atoms with E-state index in [0.29, 0.717) is 43.0 Å². The smallest absolute Gasteiger partial charge is 0.327 e. The van der Waals surface area contributed by atoms with Crippen LogP contribution in [0.4, 0.5) is 10.7 Å². The first kappa shape index (κ1) is 14.7. The number of H-pyrrole nitrogens is 1. The fraction of sp³-hybridized carbons (Fsp3) is 0.375. The maximum atomic E-state index is 12.4. The van der Waals surface area contributed by atoms with Gasteiger partial charge in [-0.05, 0) is 19.1 Å². The zero-order chi connectivity index (χ0) is 16.8. The molecule has 8 nitrogen and oxygen atoms in total. The summed E-state index contributed by atoms with van der Waals surface area (Å²) in [4.78, 5) is 48.8. The van der Waals surface area contributed by atoms with Gasteiger partial charge in [0, 0.05) is 19.6 Å². The van der Waals surface area contributed by atoms with Crippen molar-refractivity contribution in [1.82, 2.24) is 19.8 Å². The maximum absolute atomic E-state index is 12.4. The first-order valence-electron chi connectivity index (χ1n) is 7.96. The van der Waals surface area contributed by atoms with Gasteiger partial charge >= 0.3 is 6.03 Å². The highest BCUT2D eigenvalue weighted by atomic mass is 16.2. The van der Waals surface area contributed by atoms with Gasteiger partial charge in [-0.25, -0.2) is 9.78 Å². The molecule has 1 unspecified atom stereocenters. The van der Waals surface area contributed by atoms with Crippen molar-refractivity contribution in [3.05, 3.63) is 34.6 Å². The number of rotatable bonds is 2. The lowest BCUT2D eigenvalue weighted by atomic mass is 10.2. The summed E-state index contributed by atoms with van der Waals surface area (Å²) in [7, 11) is 0. The molecule has 0 bridgehead atoms. The summed E-state index contributed by atoms with van der Waals surface area (Å²) in [5.74, 6) is 0.254. The summed E-state index contributed by atoms with van der Waals surface area (Å²) in [6.45, 7) is 3.45. The quantitative estimate of drug-likeness (QED) is 0.806. The van der Waals surface area contributed by atoms with Crippen molar-refractivity contribution in [2.45, 2.75) is 13.0 Å². The standard InChI is InChI=1S/C16H17N5O3/c1-2-20-14(23)12-9-19(7-8-21(12)16(20)24)15-17-11-6-4-3-5-10(11)13(22)18-15/h3-6,12H,2,7-9H2,1H3,(H,17,18,22). The van der Waals surface area contributed by atoms with E-state index in [0.717, 1.165) is 0 Å². The highest BCUT2D eigenvalue weighted by molar-refractivity contribution is 6.04. The molecular formula is C16H17N5O3. The van der Waals surface area contributed by atoms with Crippen LogP contribution in [0.25, 0.3) is 10.9 Å². The van der Waals surface area contributed by atoms with Crippen molar-refractivity contribution in [3.63, 3.8) is 0 Å². The second kappa shape index (κ2) is 5.33. The van der Waals surface area contributed by atoms with E-state index < -0.39 is 6.04 Å². The number of piperazine rings is 1. The molecule has 4 rings (SSSR count). The van der Waals surface area contributed by atoms with Gasteiger partial charge in [0.1, 0.15) is 6.04 Å². The normalized spacial score (nSPS) is 20.9. The highest BCUT2D eigenvalue weighted by Crippen LogP contribution is 2.24. The number of carbonyl (C=O) groups excluding carboxylic acids is 2. The predicted molar refractivity (Wildman–Crippen MR) is 87.9 cm³/mol. The Morgan fingerprint density at radius 2 is 2.00 bits per heavy atom. The number of likely N-dealkylation sites (N-methyl/N-ethyl adjacent to an activating group) is 1. The van der Waals surface area contributed by atoms with Crippen molar-refractivity contribution in [1.29, 1.82) is 0 Å². The van der Waals surface area contributed by atoms with E-state index in [4.69, 9.17) is 0 Å². The van der Waals surface area contributed by atoms with Gasteiger partial charge in [-0.15, -0.1) is 0 Å². The molecule has 2 aliphatic rings. The summed E-state index contributed by atoms with van der Waals surface area (Å²) in [6.07, 6.45) is 0. The van der Waals surface area contributed by atoms with Gasteiger partial charge in [-0.3, -0.25) is 19.5 Å². The number of aromatic nitrogens is 2. The molecule has 1 aromatic carbocycles. The second-order valence-corrected chi connectivity index (χ2v) is 5.93. The van der Waals surface area contributed by atoms with E-state index in [1.807, 2.05) is 11.0 Å². The number of fused-ring (bicyclic) bond motifs is 2. The highest BCUT2D eigenvalue weighted by Gasteiger charge is 2.47. The van der Waals surface area contributed by atoms with Gasteiger partial charge in [0.2, 0.25) is 5.95 Å². The number of amides is 3. The molecular weight excluding hydrogens is 310 g/mol. The minimum absolute atomic E-state index is 0.185. The van der Waals surface area contributed by atoms with E-state index in [1.54, 1.807) is 30.0 Å². The van der Waals surface area contributed by atoms with Crippen molar-refractivity contribution >= 4 is 28.8 Å². The molecule has 2 aliphatic heterocycles. The van der Waals surface area contributed by atoms with E-state index in [9.17, 15) is 14.4 Å². The molecule has 124 valence electrons. The van der Waals surface area contributed by atoms with Crippen LogP contribution in [0.3, 0.4) is 0 Å². The average Bonchev–Trinajstić information content (AvgIpc) is 2.85. The van der Waals surface area contributed by atoms with Crippen LogP contribution in [-0.4, -0.2) is 63.9 Å². The third-order valence-electron chi connectivity index (χ3n) is 4.62. The van der Waals surface area contributed by atoms with Gasteiger partial charge in [-0.2, -0.15) is 0 Å². The lowest BCUT2D eigenvalue weighted by Gasteiger charge is -2.35. The van der Waals surface area contributed by atoms with Crippen LogP contribution in [0.5, 0.6) is 0 Å². The lowest BCUT2D eigenvalue weighted by molar-refractivity contribution is -0.128. The Hall–Kier alpha value is -2.90. The fourth-order valence-corrected chi connectivity index (χ4v) is 3.36. The van der Waals surface area contributed by atoms with Crippen LogP contribution in [0.1, 0.15) is 6.92 Å². The van der Waals surface area contributed by atoms with E-state index in [2.05, 4.69) is 9.97 Å². The van der Waals surface area contributed by atoms with Gasteiger partial charge in [0.15, 0.2) is 0 Å². The lowest BCUT2D eigenvalue weighted by Crippen LogP contribution is -2.53. The number of anilines is 1. The molecule has 2 aromatic rings. The van der Waals surface area contributed by atoms with E-state index in [1.165, 1.54) is 4.90 Å². The van der Waals surface area contributed by atoms with Crippen LogP contribution in [0, 0.1) is 0 Å². The number of hydrogen-bond donors (Lipinski definition) is 1. The number of carbonyl (C=O) groups is 2. The summed E-state index contributed by atoms with van der Waals surface area (Å²) in [6, 6.07) is 6.39. The third kappa shape index (κ3) is 2.06. The molecule has 3 heterocycles. The number of nitrogens with one attached hydrogen (secondary N) is 1. The largest absolute Gasteiger partial charge is 0.338 e. The first-order valence-corrected chi connectivity index (χ1v) is 7.96. The Labute approximate surface area is 137 Å². The van der Waals surface area contributed by atoms with E-state index >= 15 is 0 Å². The minimum Gasteiger partial charge on any atom is -0.338 e. The number of nitrogens with zero attached hydrogens (tertiary/aromatic N) is 4. The van der Waals surface area contributed by atoms with Crippen LogP contribution in [0.2, 0.25) is 0 Å². The Morgan fingerprint density at radius 3 is 2.79 bits per heavy atom. The molecule has 2 saturated heterocycles. The molecule has 24 heavy (non-hydrogen) atoms. The van der Waals surface area contributed by atoms with Crippen molar-refractivity contribution in [2.75, 3.05) is 31.1 Å². The molecule has 0 radical (unpaired) electrons. The van der Waals surface area contributed by atoms with Crippen molar-refractivity contribution in [2.24, 2.45) is 0 Å². The zero-order valence-corrected chi connectivity index (χ0v) is 13.2. The molecule has 1 atom stereocenters. The van der Waals surface area contributed by atoms with Gasteiger partial charge in [0.25, 0.3) is 11.5 Å². The number of hydrogen-bond acceptors (Lipinski definition) is 5. The average molecular weight is 327 g/mol. The molecule has 1 aromatic heterocycles. The molecule has 1 N–H and O–H groups in total. The monoisotopic (exact) mass is 327 g/mol. The van der Waals surface area contributed by atoms with Gasteiger partial charge < -0.3 is 9.80 Å². The number of imide groups is 1. The summed E-state index contributed by atoms with van der Waals surface area (Å²) in [5.41, 5.74) is 0.407. The maximum Gasteiger partial charge on any atom is 0.327 e.